The van der Waals surface area contributed by atoms with Crippen LogP contribution in [0.2, 0.25) is 0 Å². The van der Waals surface area contributed by atoms with E-state index in [1.54, 1.807) is 13.0 Å². The summed E-state index contributed by atoms with van der Waals surface area (Å²) in [5.74, 6) is -1.13. The predicted molar refractivity (Wildman–Crippen MR) is 103 cm³/mol. The van der Waals surface area contributed by atoms with Crippen LogP contribution in [-0.4, -0.2) is 35.4 Å². The van der Waals surface area contributed by atoms with Crippen LogP contribution < -0.4 is 5.32 Å². The summed E-state index contributed by atoms with van der Waals surface area (Å²) in [6.07, 6.45) is -3.97. The van der Waals surface area contributed by atoms with Crippen LogP contribution in [0.3, 0.4) is 0 Å². The lowest BCUT2D eigenvalue weighted by atomic mass is 10.0. The molecule has 1 amide bonds. The average Bonchev–Trinajstić information content (AvgIpc) is 3.32. The van der Waals surface area contributed by atoms with Gasteiger partial charge < -0.3 is 14.6 Å². The Kier molecular flexibility index (Phi) is 5.13. The van der Waals surface area contributed by atoms with E-state index in [9.17, 15) is 22.4 Å². The van der Waals surface area contributed by atoms with Crippen LogP contribution in [0.25, 0.3) is 11.1 Å². The van der Waals surface area contributed by atoms with Crippen LogP contribution in [0.1, 0.15) is 27.9 Å². The molecule has 1 unspecified atom stereocenters. The Bertz CT molecular complexity index is 1090. The molecule has 0 bridgehead atoms. The van der Waals surface area contributed by atoms with Gasteiger partial charge in [-0.1, -0.05) is 17.7 Å². The summed E-state index contributed by atoms with van der Waals surface area (Å²) in [6, 6.07) is 8.18. The first-order valence-corrected chi connectivity index (χ1v) is 9.48. The van der Waals surface area contributed by atoms with E-state index in [-0.39, 0.29) is 23.1 Å². The number of carbonyl (C=O) groups is 1. The van der Waals surface area contributed by atoms with Crippen LogP contribution in [0, 0.1) is 18.7 Å². The van der Waals surface area contributed by atoms with Crippen molar-refractivity contribution in [1.29, 1.82) is 0 Å². The Morgan fingerprint density at radius 1 is 1.30 bits per heavy atom. The lowest BCUT2D eigenvalue weighted by Gasteiger charge is -2.20. The number of halogens is 4. The van der Waals surface area contributed by atoms with E-state index < -0.39 is 23.5 Å². The van der Waals surface area contributed by atoms with Crippen LogP contribution in [0.5, 0.6) is 0 Å². The summed E-state index contributed by atoms with van der Waals surface area (Å²) in [5.41, 5.74) is -0.215. The van der Waals surface area contributed by atoms with Gasteiger partial charge in [0, 0.05) is 19.6 Å². The van der Waals surface area contributed by atoms with Crippen molar-refractivity contribution in [2.45, 2.75) is 19.5 Å². The first kappa shape index (κ1) is 20.2. The zero-order valence-corrected chi connectivity index (χ0v) is 16.1. The summed E-state index contributed by atoms with van der Waals surface area (Å²) < 4.78 is 59.0. The molecule has 1 fully saturated rings. The molecule has 0 spiro atoms. The third-order valence-electron chi connectivity index (χ3n) is 5.19. The largest absolute Gasteiger partial charge is 0.420 e. The number of rotatable bonds is 4. The van der Waals surface area contributed by atoms with Crippen molar-refractivity contribution in [3.05, 3.63) is 58.9 Å². The number of hydrogen-bond acceptors (Lipinski definition) is 4. The first-order chi connectivity index (χ1) is 14.2. The number of oxazole rings is 1. The topological polar surface area (TPSA) is 58.4 Å². The molecule has 3 aromatic rings. The number of alkyl halides is 3. The number of para-hydroxylation sites is 1. The SMILES string of the molecule is Cc1ccc(C(F)(F)F)c(C(=O)N2CCC(CNc3nc4cccc(F)c4o3)C2)c1. The second kappa shape index (κ2) is 7.62. The number of nitrogens with zero attached hydrogens (tertiary/aromatic N) is 2. The van der Waals surface area contributed by atoms with E-state index in [0.717, 1.165) is 6.07 Å². The van der Waals surface area contributed by atoms with Crippen molar-refractivity contribution in [3.63, 3.8) is 0 Å². The van der Waals surface area contributed by atoms with E-state index in [1.807, 2.05) is 0 Å². The number of hydrogen-bond donors (Lipinski definition) is 1. The molecule has 1 aromatic heterocycles. The van der Waals surface area contributed by atoms with Crippen molar-refractivity contribution in [3.8, 4) is 0 Å². The van der Waals surface area contributed by atoms with E-state index in [2.05, 4.69) is 10.3 Å². The van der Waals surface area contributed by atoms with E-state index in [0.29, 0.717) is 37.1 Å². The molecule has 1 aliphatic rings. The lowest BCUT2D eigenvalue weighted by Crippen LogP contribution is -2.31. The Hall–Kier alpha value is -3.10. The van der Waals surface area contributed by atoms with Crippen molar-refractivity contribution in [1.82, 2.24) is 9.88 Å². The van der Waals surface area contributed by atoms with Crippen molar-refractivity contribution in [2.24, 2.45) is 5.92 Å². The zero-order chi connectivity index (χ0) is 21.5. The van der Waals surface area contributed by atoms with Gasteiger partial charge >= 0.3 is 6.18 Å². The molecule has 30 heavy (non-hydrogen) atoms. The molecule has 4 rings (SSSR count). The molecule has 0 aliphatic carbocycles. The minimum atomic E-state index is -4.60. The van der Waals surface area contributed by atoms with Gasteiger partial charge in [0.1, 0.15) is 5.52 Å². The number of benzene rings is 2. The minimum Gasteiger partial charge on any atom is -0.420 e. The second-order valence-corrected chi connectivity index (χ2v) is 7.44. The number of likely N-dealkylation sites (tertiary alicyclic amines) is 1. The fourth-order valence-electron chi connectivity index (χ4n) is 3.66. The number of nitrogens with one attached hydrogen (secondary N) is 1. The van der Waals surface area contributed by atoms with Crippen molar-refractivity contribution in [2.75, 3.05) is 25.0 Å². The van der Waals surface area contributed by atoms with Crippen LogP contribution in [0.4, 0.5) is 23.6 Å². The fraction of sp³-hybridized carbons (Fsp3) is 0.333. The fourth-order valence-corrected chi connectivity index (χ4v) is 3.66. The third-order valence-corrected chi connectivity index (χ3v) is 5.19. The van der Waals surface area contributed by atoms with Crippen molar-refractivity contribution < 1.29 is 26.8 Å². The normalized spacial score (nSPS) is 17.0. The van der Waals surface area contributed by atoms with Gasteiger partial charge in [-0.15, -0.1) is 0 Å². The lowest BCUT2D eigenvalue weighted by molar-refractivity contribution is -0.138. The van der Waals surface area contributed by atoms with E-state index in [4.69, 9.17) is 4.42 Å². The maximum atomic E-state index is 13.7. The van der Waals surface area contributed by atoms with Gasteiger partial charge in [-0.05, 0) is 43.5 Å². The predicted octanol–water partition coefficient (Wildman–Crippen LogP) is 4.87. The highest BCUT2D eigenvalue weighted by molar-refractivity contribution is 5.96. The molecule has 0 saturated carbocycles. The highest BCUT2D eigenvalue weighted by Gasteiger charge is 2.37. The molecule has 0 radical (unpaired) electrons. The molecule has 2 heterocycles. The van der Waals surface area contributed by atoms with Crippen LogP contribution in [-0.2, 0) is 6.18 Å². The number of fused-ring (bicyclic) bond motifs is 1. The van der Waals surface area contributed by atoms with Gasteiger partial charge in [-0.25, -0.2) is 4.39 Å². The molecule has 2 aromatic carbocycles. The van der Waals surface area contributed by atoms with Gasteiger partial charge in [0.25, 0.3) is 11.9 Å². The van der Waals surface area contributed by atoms with Gasteiger partial charge in [0.15, 0.2) is 11.4 Å². The number of aromatic nitrogens is 1. The Balaban J connectivity index is 1.42. The minimum absolute atomic E-state index is 0.00737. The highest BCUT2D eigenvalue weighted by atomic mass is 19.4. The summed E-state index contributed by atoms with van der Waals surface area (Å²) in [4.78, 5) is 18.4. The number of amides is 1. The van der Waals surface area contributed by atoms with Crippen LogP contribution >= 0.6 is 0 Å². The molecule has 1 atom stereocenters. The monoisotopic (exact) mass is 421 g/mol. The van der Waals surface area contributed by atoms with Gasteiger partial charge in [0.2, 0.25) is 0 Å². The molecule has 1 N–H and O–H groups in total. The Labute approximate surface area is 169 Å². The summed E-state index contributed by atoms with van der Waals surface area (Å²) in [6.45, 7) is 2.72. The average molecular weight is 421 g/mol. The summed E-state index contributed by atoms with van der Waals surface area (Å²) >= 11 is 0. The zero-order valence-electron chi connectivity index (χ0n) is 16.1. The van der Waals surface area contributed by atoms with E-state index >= 15 is 0 Å². The number of anilines is 1. The van der Waals surface area contributed by atoms with Crippen LogP contribution in [0.15, 0.2) is 40.8 Å². The quantitative estimate of drug-likeness (QED) is 0.611. The maximum absolute atomic E-state index is 13.7. The summed E-state index contributed by atoms with van der Waals surface area (Å²) in [7, 11) is 0. The Morgan fingerprint density at radius 3 is 2.83 bits per heavy atom. The molecular weight excluding hydrogens is 402 g/mol. The van der Waals surface area contributed by atoms with Gasteiger partial charge in [0.05, 0.1) is 11.1 Å². The third kappa shape index (κ3) is 3.96. The molecular formula is C21H19F4N3O2. The molecule has 1 saturated heterocycles. The van der Waals surface area contributed by atoms with E-state index in [1.165, 1.54) is 29.2 Å². The smallest absolute Gasteiger partial charge is 0.417 e. The standard InChI is InChI=1S/C21H19F4N3O2/c1-12-5-6-15(21(23,24)25)14(9-12)19(29)28-8-7-13(11-28)10-26-20-27-17-4-2-3-16(22)18(17)30-20/h2-6,9,13H,7-8,10-11H2,1H3,(H,26,27). The Morgan fingerprint density at radius 2 is 2.10 bits per heavy atom. The first-order valence-electron chi connectivity index (χ1n) is 9.48. The second-order valence-electron chi connectivity index (χ2n) is 7.44. The van der Waals surface area contributed by atoms with Gasteiger partial charge in [-0.3, -0.25) is 4.79 Å². The molecule has 9 heteroatoms. The van der Waals surface area contributed by atoms with Crippen molar-refractivity contribution >= 4 is 23.0 Å². The number of aryl methyl sites for hydroxylation is 1. The molecule has 1 aliphatic heterocycles. The molecule has 158 valence electrons. The van der Waals surface area contributed by atoms with Gasteiger partial charge in [-0.2, -0.15) is 18.2 Å². The maximum Gasteiger partial charge on any atom is 0.417 e. The summed E-state index contributed by atoms with van der Waals surface area (Å²) in [5, 5.41) is 2.98. The number of carbonyl (C=O) groups excluding carboxylic acids is 1. The molecule has 5 nitrogen and oxygen atoms in total. The highest BCUT2D eigenvalue weighted by Crippen LogP contribution is 2.34.